The lowest BCUT2D eigenvalue weighted by atomic mass is 10.1. The molecule has 0 heterocycles. The molecule has 0 saturated heterocycles. The number of anilines is 1. The third-order valence-corrected chi connectivity index (χ3v) is 3.87. The van der Waals surface area contributed by atoms with E-state index in [0.29, 0.717) is 27.1 Å². The highest BCUT2D eigenvalue weighted by Crippen LogP contribution is 2.22. The number of methoxy groups -OCH3 is 1. The van der Waals surface area contributed by atoms with Crippen molar-refractivity contribution in [3.05, 3.63) is 51.1 Å². The van der Waals surface area contributed by atoms with E-state index in [1.807, 2.05) is 28.7 Å². The van der Waals surface area contributed by atoms with Gasteiger partial charge in [0.1, 0.15) is 11.5 Å². The summed E-state index contributed by atoms with van der Waals surface area (Å²) in [5.41, 5.74) is 7.62. The van der Waals surface area contributed by atoms with E-state index in [4.69, 9.17) is 10.5 Å². The first-order chi connectivity index (χ1) is 10.0. The van der Waals surface area contributed by atoms with Crippen molar-refractivity contribution in [3.8, 4) is 11.5 Å². The Labute approximate surface area is 136 Å². The fraction of sp³-hybridized carbons (Fsp3) is 0.133. The zero-order valence-electron chi connectivity index (χ0n) is 11.4. The zero-order valence-corrected chi connectivity index (χ0v) is 13.5. The van der Waals surface area contributed by atoms with Crippen molar-refractivity contribution in [3.63, 3.8) is 0 Å². The van der Waals surface area contributed by atoms with Gasteiger partial charge in [-0.05, 0) is 58.5 Å². The van der Waals surface area contributed by atoms with Gasteiger partial charge in [-0.2, -0.15) is 0 Å². The van der Waals surface area contributed by atoms with Crippen LogP contribution in [0.2, 0.25) is 0 Å². The van der Waals surface area contributed by atoms with Crippen LogP contribution in [0.3, 0.4) is 0 Å². The van der Waals surface area contributed by atoms with Crippen LogP contribution in [0.25, 0.3) is 0 Å². The van der Waals surface area contributed by atoms with Gasteiger partial charge in [-0.3, -0.25) is 4.79 Å². The molecule has 0 radical (unpaired) electrons. The van der Waals surface area contributed by atoms with Crippen molar-refractivity contribution < 1.29 is 14.6 Å². The van der Waals surface area contributed by atoms with Gasteiger partial charge in [-0.1, -0.05) is 6.07 Å². The third-order valence-electron chi connectivity index (χ3n) is 2.96. The number of phenols is 1. The van der Waals surface area contributed by atoms with E-state index in [-0.39, 0.29) is 11.7 Å². The first-order valence-corrected chi connectivity index (χ1v) is 7.28. The first-order valence-electron chi connectivity index (χ1n) is 6.20. The summed E-state index contributed by atoms with van der Waals surface area (Å²) in [5.74, 6) is 0.445. The van der Waals surface area contributed by atoms with Crippen LogP contribution in [0.4, 0.5) is 5.69 Å². The maximum Gasteiger partial charge on any atom is 0.251 e. The van der Waals surface area contributed by atoms with Gasteiger partial charge in [0.2, 0.25) is 0 Å². The van der Waals surface area contributed by atoms with Crippen LogP contribution in [-0.2, 0) is 6.54 Å². The van der Waals surface area contributed by atoms with Gasteiger partial charge in [-0.15, -0.1) is 0 Å². The molecular weight excluding hydrogens is 383 g/mol. The Morgan fingerprint density at radius 2 is 2.10 bits per heavy atom. The van der Waals surface area contributed by atoms with Gasteiger partial charge in [-0.25, -0.2) is 0 Å². The highest BCUT2D eigenvalue weighted by molar-refractivity contribution is 14.1. The first kappa shape index (κ1) is 15.4. The minimum atomic E-state index is -0.254. The summed E-state index contributed by atoms with van der Waals surface area (Å²) in [5, 5.41) is 12.4. The minimum Gasteiger partial charge on any atom is -0.507 e. The summed E-state index contributed by atoms with van der Waals surface area (Å²) in [6, 6.07) is 10.1. The highest BCUT2D eigenvalue weighted by Gasteiger charge is 2.08. The van der Waals surface area contributed by atoms with Gasteiger partial charge in [0.25, 0.3) is 5.91 Å². The number of phenolic OH excluding ortho intramolecular Hbond substituents is 1. The lowest BCUT2D eigenvalue weighted by molar-refractivity contribution is 0.0950. The fourth-order valence-corrected chi connectivity index (χ4v) is 2.17. The zero-order chi connectivity index (χ0) is 15.4. The lowest BCUT2D eigenvalue weighted by Gasteiger charge is -2.09. The van der Waals surface area contributed by atoms with E-state index in [2.05, 4.69) is 5.32 Å². The lowest BCUT2D eigenvalue weighted by Crippen LogP contribution is -2.22. The second-order valence-corrected chi connectivity index (χ2v) is 5.59. The normalized spacial score (nSPS) is 10.2. The number of hydrogen-bond acceptors (Lipinski definition) is 4. The molecule has 4 N–H and O–H groups in total. The molecule has 0 aliphatic carbocycles. The summed E-state index contributed by atoms with van der Waals surface area (Å²) in [6.45, 7) is 0.347. The molecule has 0 fully saturated rings. The third kappa shape index (κ3) is 3.78. The molecule has 2 rings (SSSR count). The van der Waals surface area contributed by atoms with E-state index >= 15 is 0 Å². The SMILES string of the molecule is COc1ccc(CNC(=O)c2ccc(I)c(O)c2)cc1N. The Morgan fingerprint density at radius 3 is 2.71 bits per heavy atom. The van der Waals surface area contributed by atoms with Crippen molar-refractivity contribution in [2.75, 3.05) is 12.8 Å². The number of nitrogen functional groups attached to an aromatic ring is 1. The predicted octanol–water partition coefficient (Wildman–Crippen LogP) is 2.52. The molecular formula is C15H15IN2O3. The molecule has 1 amide bonds. The van der Waals surface area contributed by atoms with Gasteiger partial charge in [0.15, 0.2) is 0 Å². The average molecular weight is 398 g/mol. The monoisotopic (exact) mass is 398 g/mol. The van der Waals surface area contributed by atoms with E-state index in [1.165, 1.54) is 6.07 Å². The molecule has 0 aromatic heterocycles. The topological polar surface area (TPSA) is 84.6 Å². The number of carbonyl (C=O) groups is 1. The molecule has 0 spiro atoms. The molecule has 110 valence electrons. The Morgan fingerprint density at radius 1 is 1.33 bits per heavy atom. The predicted molar refractivity (Wildman–Crippen MR) is 89.4 cm³/mol. The van der Waals surface area contributed by atoms with Crippen molar-refractivity contribution >= 4 is 34.2 Å². The molecule has 0 atom stereocenters. The van der Waals surface area contributed by atoms with Crippen molar-refractivity contribution in [2.24, 2.45) is 0 Å². The Kier molecular flexibility index (Phi) is 4.89. The van der Waals surface area contributed by atoms with Crippen LogP contribution in [0.5, 0.6) is 11.5 Å². The van der Waals surface area contributed by atoms with Crippen LogP contribution in [0.1, 0.15) is 15.9 Å². The van der Waals surface area contributed by atoms with Gasteiger partial charge < -0.3 is 20.9 Å². The van der Waals surface area contributed by atoms with Gasteiger partial charge in [0, 0.05) is 12.1 Å². The van der Waals surface area contributed by atoms with E-state index in [9.17, 15) is 9.90 Å². The number of hydrogen-bond donors (Lipinski definition) is 3. The van der Waals surface area contributed by atoms with Crippen LogP contribution < -0.4 is 15.8 Å². The molecule has 0 unspecified atom stereocenters. The molecule has 5 nitrogen and oxygen atoms in total. The largest absolute Gasteiger partial charge is 0.507 e. The Bertz CT molecular complexity index is 674. The Balaban J connectivity index is 2.03. The molecule has 0 aliphatic rings. The second kappa shape index (κ2) is 6.66. The number of amides is 1. The summed E-state index contributed by atoms with van der Waals surface area (Å²) < 4.78 is 5.78. The standard InChI is InChI=1S/C15H15IN2O3/c1-21-14-5-2-9(6-12(14)17)8-18-15(20)10-3-4-11(16)13(19)7-10/h2-7,19H,8,17H2,1H3,(H,18,20). The van der Waals surface area contributed by atoms with Crippen molar-refractivity contribution in [1.29, 1.82) is 0 Å². The number of halogens is 1. The number of aromatic hydroxyl groups is 1. The smallest absolute Gasteiger partial charge is 0.251 e. The maximum atomic E-state index is 12.0. The number of carbonyl (C=O) groups excluding carboxylic acids is 1. The molecule has 2 aromatic carbocycles. The molecule has 0 bridgehead atoms. The number of nitrogens with one attached hydrogen (secondary N) is 1. The quantitative estimate of drug-likeness (QED) is 0.546. The molecule has 0 aliphatic heterocycles. The number of benzene rings is 2. The maximum absolute atomic E-state index is 12.0. The van der Waals surface area contributed by atoms with Gasteiger partial charge in [0.05, 0.1) is 16.4 Å². The van der Waals surface area contributed by atoms with E-state index in [1.54, 1.807) is 31.4 Å². The van der Waals surface area contributed by atoms with Gasteiger partial charge >= 0.3 is 0 Å². The highest BCUT2D eigenvalue weighted by atomic mass is 127. The average Bonchev–Trinajstić information content (AvgIpc) is 2.47. The van der Waals surface area contributed by atoms with E-state index in [0.717, 1.165) is 5.56 Å². The van der Waals surface area contributed by atoms with Crippen LogP contribution in [0, 0.1) is 3.57 Å². The number of rotatable bonds is 4. The molecule has 0 saturated carbocycles. The second-order valence-electron chi connectivity index (χ2n) is 4.43. The fourth-order valence-electron chi connectivity index (χ4n) is 1.83. The number of ether oxygens (including phenoxy) is 1. The van der Waals surface area contributed by atoms with Crippen LogP contribution in [-0.4, -0.2) is 18.1 Å². The van der Waals surface area contributed by atoms with Crippen molar-refractivity contribution in [2.45, 2.75) is 6.54 Å². The summed E-state index contributed by atoms with van der Waals surface area (Å²) in [4.78, 5) is 12.0. The summed E-state index contributed by atoms with van der Waals surface area (Å²) in [6.07, 6.45) is 0. The summed E-state index contributed by atoms with van der Waals surface area (Å²) >= 11 is 2.00. The Hall–Kier alpha value is -1.96. The minimum absolute atomic E-state index is 0.0944. The van der Waals surface area contributed by atoms with Crippen LogP contribution >= 0.6 is 22.6 Å². The molecule has 2 aromatic rings. The van der Waals surface area contributed by atoms with Crippen LogP contribution in [0.15, 0.2) is 36.4 Å². The van der Waals surface area contributed by atoms with E-state index < -0.39 is 0 Å². The van der Waals surface area contributed by atoms with Crippen molar-refractivity contribution in [1.82, 2.24) is 5.32 Å². The molecule has 6 heteroatoms. The number of nitrogens with two attached hydrogens (primary N) is 1. The molecule has 21 heavy (non-hydrogen) atoms. The summed E-state index contributed by atoms with van der Waals surface area (Å²) in [7, 11) is 1.55.